The van der Waals surface area contributed by atoms with E-state index in [0.29, 0.717) is 23.0 Å². The lowest BCUT2D eigenvalue weighted by atomic mass is 10.0. The van der Waals surface area contributed by atoms with Crippen LogP contribution in [0.15, 0.2) is 84.9 Å². The number of ether oxygens (including phenoxy) is 4. The Morgan fingerprint density at radius 2 is 0.816 bits per heavy atom. The zero-order valence-corrected chi connectivity index (χ0v) is 30.3. The standard InChI is InChI=1S/C40H34F2O4S3/c1-21(2)45-29-11-7-9-27(43-5)33(29)35-31(23-13-17-25(41)18-14-23)37-39(47-35)40-38(49-37)32(24-15-19-26(42)20-16-24)36(48-40)34-28(44-6)10-8-12-30(34)46-22(3)4/h7-22H,1-6H3. The highest BCUT2D eigenvalue weighted by Crippen LogP contribution is 2.60. The summed E-state index contributed by atoms with van der Waals surface area (Å²) in [7, 11) is 3.32. The van der Waals surface area contributed by atoms with Gasteiger partial charge in [0.1, 0.15) is 34.6 Å². The molecule has 0 aliphatic heterocycles. The van der Waals surface area contributed by atoms with E-state index in [1.54, 1.807) is 48.2 Å². The first-order valence-electron chi connectivity index (χ1n) is 15.9. The summed E-state index contributed by atoms with van der Waals surface area (Å²) < 4.78 is 57.4. The van der Waals surface area contributed by atoms with E-state index >= 15 is 0 Å². The summed E-state index contributed by atoms with van der Waals surface area (Å²) in [6.07, 6.45) is -0.122. The number of fused-ring (bicyclic) bond motifs is 3. The van der Waals surface area contributed by atoms with E-state index < -0.39 is 0 Å². The summed E-state index contributed by atoms with van der Waals surface area (Å²) >= 11 is 5.01. The van der Waals surface area contributed by atoms with Gasteiger partial charge in [-0.25, -0.2) is 8.78 Å². The van der Waals surface area contributed by atoms with Crippen molar-refractivity contribution in [2.45, 2.75) is 39.9 Å². The molecule has 0 aliphatic carbocycles. The van der Waals surface area contributed by atoms with Crippen LogP contribution in [0.3, 0.4) is 0 Å². The van der Waals surface area contributed by atoms with Crippen LogP contribution in [0.1, 0.15) is 27.7 Å². The van der Waals surface area contributed by atoms with Crippen molar-refractivity contribution in [2.75, 3.05) is 14.2 Å². The predicted octanol–water partition coefficient (Wildman–Crippen LogP) is 12.7. The molecule has 0 atom stereocenters. The van der Waals surface area contributed by atoms with Gasteiger partial charge >= 0.3 is 0 Å². The van der Waals surface area contributed by atoms with Crippen LogP contribution in [-0.2, 0) is 0 Å². The molecule has 3 aromatic heterocycles. The molecular weight excluding hydrogens is 679 g/mol. The first-order chi connectivity index (χ1) is 23.7. The van der Waals surface area contributed by atoms with E-state index in [1.165, 1.54) is 24.3 Å². The fraction of sp³-hybridized carbons (Fsp3) is 0.200. The molecule has 7 aromatic rings. The van der Waals surface area contributed by atoms with Crippen LogP contribution in [0.25, 0.3) is 61.9 Å². The normalized spacial score (nSPS) is 11.6. The van der Waals surface area contributed by atoms with E-state index in [9.17, 15) is 8.78 Å². The number of thiophene rings is 3. The van der Waals surface area contributed by atoms with Gasteiger partial charge in [-0.15, -0.1) is 34.0 Å². The van der Waals surface area contributed by atoms with Gasteiger partial charge < -0.3 is 18.9 Å². The molecule has 9 heteroatoms. The van der Waals surface area contributed by atoms with Crippen LogP contribution in [0.4, 0.5) is 8.78 Å². The summed E-state index contributed by atoms with van der Waals surface area (Å²) in [5.74, 6) is 2.21. The summed E-state index contributed by atoms with van der Waals surface area (Å²) in [5, 5.41) is 0. The Kier molecular flexibility index (Phi) is 9.09. The second-order valence-electron chi connectivity index (χ2n) is 12.0. The second-order valence-corrected chi connectivity index (χ2v) is 15.1. The number of rotatable bonds is 10. The number of halogens is 2. The van der Waals surface area contributed by atoms with Crippen LogP contribution in [0.5, 0.6) is 23.0 Å². The third kappa shape index (κ3) is 6.05. The van der Waals surface area contributed by atoms with Crippen molar-refractivity contribution in [1.82, 2.24) is 0 Å². The first kappa shape index (κ1) is 33.1. The largest absolute Gasteiger partial charge is 0.496 e. The monoisotopic (exact) mass is 712 g/mol. The minimum Gasteiger partial charge on any atom is -0.496 e. The van der Waals surface area contributed by atoms with Crippen LogP contribution in [0, 0.1) is 11.6 Å². The SMILES string of the molecule is COc1cccc(OC(C)C)c1-c1sc2c(sc3c(-c4ccc(F)cc4)c(-c4c(OC)cccc4OC(C)C)sc32)c1-c1ccc(F)cc1. The lowest BCUT2D eigenvalue weighted by molar-refractivity contribution is 0.242. The molecule has 7 rings (SSSR count). The fourth-order valence-electron chi connectivity index (χ4n) is 6.05. The van der Waals surface area contributed by atoms with E-state index in [2.05, 4.69) is 0 Å². The van der Waals surface area contributed by atoms with E-state index in [-0.39, 0.29) is 23.8 Å². The molecule has 0 radical (unpaired) electrons. The first-order valence-corrected chi connectivity index (χ1v) is 18.3. The highest BCUT2D eigenvalue weighted by atomic mass is 32.1. The molecule has 0 fully saturated rings. The summed E-state index contributed by atoms with van der Waals surface area (Å²) in [5.41, 5.74) is 5.45. The smallest absolute Gasteiger partial charge is 0.132 e. The van der Waals surface area contributed by atoms with E-state index in [4.69, 9.17) is 18.9 Å². The van der Waals surface area contributed by atoms with Crippen molar-refractivity contribution in [3.8, 4) is 66.1 Å². The maximum atomic E-state index is 14.3. The minimum absolute atomic E-state index is 0.0610. The molecule has 0 bridgehead atoms. The molecule has 0 N–H and O–H groups in total. The third-order valence-electron chi connectivity index (χ3n) is 8.00. The molecule has 49 heavy (non-hydrogen) atoms. The zero-order valence-electron chi connectivity index (χ0n) is 27.9. The molecule has 0 aliphatic rings. The van der Waals surface area contributed by atoms with Gasteiger partial charge in [0.25, 0.3) is 0 Å². The van der Waals surface area contributed by atoms with Crippen LogP contribution in [-0.4, -0.2) is 26.4 Å². The Hall–Kier alpha value is -4.44. The van der Waals surface area contributed by atoms with Crippen molar-refractivity contribution < 1.29 is 27.7 Å². The molecular formula is C40H34F2O4S3. The third-order valence-corrected chi connectivity index (χ3v) is 12.1. The molecule has 3 heterocycles. The van der Waals surface area contributed by atoms with Crippen molar-refractivity contribution in [3.05, 3.63) is 96.6 Å². The van der Waals surface area contributed by atoms with Gasteiger partial charge in [-0.2, -0.15) is 0 Å². The predicted molar refractivity (Wildman–Crippen MR) is 201 cm³/mol. The van der Waals surface area contributed by atoms with Gasteiger partial charge in [0.15, 0.2) is 0 Å². The number of methoxy groups -OCH3 is 2. The Balaban J connectivity index is 1.60. The Morgan fingerprint density at radius 3 is 1.16 bits per heavy atom. The molecule has 4 aromatic carbocycles. The van der Waals surface area contributed by atoms with Crippen molar-refractivity contribution in [3.63, 3.8) is 0 Å². The number of hydrogen-bond donors (Lipinski definition) is 0. The second kappa shape index (κ2) is 13.5. The maximum Gasteiger partial charge on any atom is 0.132 e. The summed E-state index contributed by atoms with van der Waals surface area (Å²) in [4.78, 5) is 1.95. The number of hydrogen-bond acceptors (Lipinski definition) is 7. The average molecular weight is 713 g/mol. The van der Waals surface area contributed by atoms with Crippen molar-refractivity contribution >= 4 is 52.8 Å². The molecule has 0 spiro atoms. The molecule has 0 unspecified atom stereocenters. The van der Waals surface area contributed by atoms with Gasteiger partial charge in [-0.1, -0.05) is 36.4 Å². The van der Waals surface area contributed by atoms with Gasteiger partial charge in [0, 0.05) is 11.1 Å². The quantitative estimate of drug-likeness (QED) is 0.141. The highest BCUT2D eigenvalue weighted by Gasteiger charge is 2.30. The molecule has 0 saturated heterocycles. The molecule has 4 nitrogen and oxygen atoms in total. The van der Waals surface area contributed by atoms with E-state index in [1.807, 2.05) is 88.4 Å². The van der Waals surface area contributed by atoms with Crippen molar-refractivity contribution in [1.29, 1.82) is 0 Å². The van der Waals surface area contributed by atoms with Crippen molar-refractivity contribution in [2.24, 2.45) is 0 Å². The Labute approximate surface area is 296 Å². The Morgan fingerprint density at radius 1 is 0.449 bits per heavy atom. The molecule has 250 valence electrons. The summed E-state index contributed by atoms with van der Waals surface area (Å²) in [6, 6.07) is 24.9. The lowest BCUT2D eigenvalue weighted by Crippen LogP contribution is -2.07. The highest BCUT2D eigenvalue weighted by molar-refractivity contribution is 7.41. The maximum absolute atomic E-state index is 14.3. The zero-order chi connectivity index (χ0) is 34.4. The lowest BCUT2D eigenvalue weighted by Gasteiger charge is -2.17. The minimum atomic E-state index is -0.301. The molecule has 0 saturated carbocycles. The van der Waals surface area contributed by atoms with Crippen LogP contribution < -0.4 is 18.9 Å². The van der Waals surface area contributed by atoms with Gasteiger partial charge in [0.05, 0.1) is 66.1 Å². The van der Waals surface area contributed by atoms with Crippen LogP contribution in [0.2, 0.25) is 0 Å². The summed E-state index contributed by atoms with van der Waals surface area (Å²) in [6.45, 7) is 8.00. The topological polar surface area (TPSA) is 36.9 Å². The average Bonchev–Trinajstić information content (AvgIpc) is 3.73. The Bertz CT molecular complexity index is 2120. The van der Waals surface area contributed by atoms with Gasteiger partial charge in [0.2, 0.25) is 0 Å². The number of benzene rings is 4. The van der Waals surface area contributed by atoms with Crippen LogP contribution >= 0.6 is 34.0 Å². The van der Waals surface area contributed by atoms with Gasteiger partial charge in [-0.05, 0) is 87.4 Å². The van der Waals surface area contributed by atoms with Gasteiger partial charge in [-0.3, -0.25) is 0 Å². The molecule has 0 amide bonds. The van der Waals surface area contributed by atoms with E-state index in [0.717, 1.165) is 61.9 Å². The fourth-order valence-corrected chi connectivity index (χ4v) is 10.7.